The molecule has 0 aliphatic carbocycles. The van der Waals surface area contributed by atoms with Gasteiger partial charge < -0.3 is 10.0 Å². The van der Waals surface area contributed by atoms with Crippen LogP contribution in [0.15, 0.2) is 24.5 Å². The second-order valence-corrected chi connectivity index (χ2v) is 5.50. The maximum Gasteiger partial charge on any atom is 0.394 e. The molecule has 3 rings (SSSR count). The number of rotatable bonds is 2. The van der Waals surface area contributed by atoms with Gasteiger partial charge in [0.05, 0.1) is 23.1 Å². The van der Waals surface area contributed by atoms with E-state index in [9.17, 15) is 18.0 Å². The van der Waals surface area contributed by atoms with Crippen molar-refractivity contribution in [2.75, 3.05) is 18.0 Å². The van der Waals surface area contributed by atoms with Crippen LogP contribution in [0, 0.1) is 23.2 Å². The third kappa shape index (κ3) is 2.60. The molecule has 0 spiro atoms. The molecule has 6 nitrogen and oxygen atoms in total. The Balaban J connectivity index is 2.06. The Bertz CT molecular complexity index is 847. The predicted octanol–water partition coefficient (Wildman–Crippen LogP) is 2.20. The normalized spacial score (nSPS) is 21.0. The maximum atomic E-state index is 13.1. The third-order valence-electron chi connectivity index (χ3n) is 4.12. The van der Waals surface area contributed by atoms with Gasteiger partial charge in [0.25, 0.3) is 0 Å². The van der Waals surface area contributed by atoms with Crippen molar-refractivity contribution in [3.8, 4) is 6.07 Å². The highest BCUT2D eigenvalue weighted by Crippen LogP contribution is 2.40. The Labute approximate surface area is 134 Å². The highest BCUT2D eigenvalue weighted by molar-refractivity contribution is 5.92. The van der Waals surface area contributed by atoms with Gasteiger partial charge in [-0.25, -0.2) is 0 Å². The maximum absolute atomic E-state index is 13.1. The molecular formula is C15H11F3N4O2. The molecule has 9 heteroatoms. The number of carboxylic acids is 1. The minimum absolute atomic E-state index is 0.253. The van der Waals surface area contributed by atoms with Crippen molar-refractivity contribution in [1.29, 1.82) is 5.26 Å². The van der Waals surface area contributed by atoms with E-state index in [2.05, 4.69) is 9.97 Å². The molecule has 0 bridgehead atoms. The summed E-state index contributed by atoms with van der Waals surface area (Å²) in [5.74, 6) is -4.99. The molecule has 124 valence electrons. The monoisotopic (exact) mass is 336 g/mol. The minimum Gasteiger partial charge on any atom is -0.481 e. The number of aromatic nitrogens is 2. The van der Waals surface area contributed by atoms with Crippen LogP contribution >= 0.6 is 0 Å². The quantitative estimate of drug-likeness (QED) is 0.904. The minimum atomic E-state index is -4.61. The number of hydrogen-bond donors (Lipinski definition) is 1. The summed E-state index contributed by atoms with van der Waals surface area (Å²) in [6, 6.07) is 4.88. The average Bonchev–Trinajstić information content (AvgIpc) is 2.99. The number of alkyl halides is 3. The molecule has 1 fully saturated rings. The molecule has 0 saturated carbocycles. The number of nitrogens with zero attached hydrogens (tertiary/aromatic N) is 4. The Morgan fingerprint density at radius 3 is 2.46 bits per heavy atom. The van der Waals surface area contributed by atoms with Crippen LogP contribution in [-0.4, -0.2) is 40.3 Å². The van der Waals surface area contributed by atoms with Crippen molar-refractivity contribution in [1.82, 2.24) is 9.97 Å². The predicted molar refractivity (Wildman–Crippen MR) is 77.1 cm³/mol. The van der Waals surface area contributed by atoms with Crippen LogP contribution in [0.3, 0.4) is 0 Å². The smallest absolute Gasteiger partial charge is 0.394 e. The Morgan fingerprint density at radius 2 is 1.92 bits per heavy atom. The summed E-state index contributed by atoms with van der Waals surface area (Å²) in [6.07, 6.45) is -1.85. The van der Waals surface area contributed by atoms with E-state index in [0.29, 0.717) is 5.69 Å². The number of benzene rings is 1. The van der Waals surface area contributed by atoms with Gasteiger partial charge >= 0.3 is 12.1 Å². The fourth-order valence-corrected chi connectivity index (χ4v) is 2.97. The van der Waals surface area contributed by atoms with Crippen molar-refractivity contribution >= 4 is 22.7 Å². The van der Waals surface area contributed by atoms with Crippen LogP contribution in [-0.2, 0) is 4.79 Å². The van der Waals surface area contributed by atoms with Crippen molar-refractivity contribution in [2.24, 2.45) is 11.8 Å². The lowest BCUT2D eigenvalue weighted by molar-refractivity contribution is -0.187. The van der Waals surface area contributed by atoms with Gasteiger partial charge in [-0.05, 0) is 12.1 Å². The average molecular weight is 336 g/mol. The van der Waals surface area contributed by atoms with E-state index in [1.54, 1.807) is 0 Å². The lowest BCUT2D eigenvalue weighted by atomic mass is 9.96. The van der Waals surface area contributed by atoms with Crippen molar-refractivity contribution in [3.05, 3.63) is 30.1 Å². The molecule has 1 aromatic carbocycles. The fraction of sp³-hybridized carbons (Fsp3) is 0.333. The molecular weight excluding hydrogens is 325 g/mol. The highest BCUT2D eigenvalue weighted by Gasteiger charge is 2.52. The third-order valence-corrected chi connectivity index (χ3v) is 4.12. The zero-order valence-corrected chi connectivity index (χ0v) is 12.2. The van der Waals surface area contributed by atoms with Gasteiger partial charge in [-0.2, -0.15) is 18.4 Å². The summed E-state index contributed by atoms with van der Waals surface area (Å²) in [5, 5.41) is 18.2. The van der Waals surface area contributed by atoms with Gasteiger partial charge in [-0.15, -0.1) is 0 Å². The Morgan fingerprint density at radius 1 is 1.25 bits per heavy atom. The topological polar surface area (TPSA) is 90.1 Å². The fourth-order valence-electron chi connectivity index (χ4n) is 2.97. The van der Waals surface area contributed by atoms with Crippen molar-refractivity contribution < 1.29 is 23.1 Å². The molecule has 2 heterocycles. The summed E-state index contributed by atoms with van der Waals surface area (Å²) in [5.41, 5.74) is 1.15. The molecule has 1 aliphatic heterocycles. The molecule has 2 aromatic rings. The van der Waals surface area contributed by atoms with Gasteiger partial charge in [0, 0.05) is 25.5 Å². The molecule has 1 saturated heterocycles. The van der Waals surface area contributed by atoms with Gasteiger partial charge in [-0.3, -0.25) is 14.8 Å². The number of carboxylic acid groups (broad SMARTS) is 1. The van der Waals surface area contributed by atoms with E-state index >= 15 is 0 Å². The summed E-state index contributed by atoms with van der Waals surface area (Å²) in [4.78, 5) is 20.7. The molecule has 1 aromatic heterocycles. The van der Waals surface area contributed by atoms with Crippen molar-refractivity contribution in [2.45, 2.75) is 6.18 Å². The summed E-state index contributed by atoms with van der Waals surface area (Å²) >= 11 is 0. The summed E-state index contributed by atoms with van der Waals surface area (Å²) in [6.45, 7) is -0.755. The number of hydrogen-bond acceptors (Lipinski definition) is 5. The van der Waals surface area contributed by atoms with Crippen LogP contribution in [0.2, 0.25) is 0 Å². The summed E-state index contributed by atoms with van der Waals surface area (Å²) < 4.78 is 39.4. The first-order valence-electron chi connectivity index (χ1n) is 7.01. The first-order valence-corrected chi connectivity index (χ1v) is 7.01. The molecule has 24 heavy (non-hydrogen) atoms. The molecule has 0 radical (unpaired) electrons. The first kappa shape index (κ1) is 16.0. The van der Waals surface area contributed by atoms with E-state index in [1.165, 1.54) is 29.4 Å². The lowest BCUT2D eigenvalue weighted by Gasteiger charge is -2.20. The molecule has 2 unspecified atom stereocenters. The highest BCUT2D eigenvalue weighted by atomic mass is 19.4. The molecule has 1 N–H and O–H groups in total. The Kier molecular flexibility index (Phi) is 3.75. The number of aliphatic carboxylic acids is 1. The number of halogens is 3. The van der Waals surface area contributed by atoms with Crippen LogP contribution < -0.4 is 4.90 Å². The lowest BCUT2D eigenvalue weighted by Crippen LogP contribution is -2.33. The van der Waals surface area contributed by atoms with Crippen LogP contribution in [0.4, 0.5) is 18.9 Å². The number of carbonyl (C=O) groups is 1. The van der Waals surface area contributed by atoms with Gasteiger partial charge in [-0.1, -0.05) is 0 Å². The standard InChI is InChI=1S/C15H11F3N4O2/c16-15(17,18)10-7-22(6-9(10)14(23)24)11-2-1-8(5-19)12-13(11)21-4-3-20-12/h1-4,9-10H,6-7H2,(H,23,24). The number of anilines is 1. The second-order valence-electron chi connectivity index (χ2n) is 5.50. The van der Waals surface area contributed by atoms with E-state index in [-0.39, 0.29) is 23.1 Å². The van der Waals surface area contributed by atoms with E-state index in [0.717, 1.165) is 0 Å². The van der Waals surface area contributed by atoms with E-state index in [4.69, 9.17) is 10.4 Å². The van der Waals surface area contributed by atoms with Crippen molar-refractivity contribution in [3.63, 3.8) is 0 Å². The zero-order valence-electron chi connectivity index (χ0n) is 12.2. The molecule has 2 atom stereocenters. The molecule has 1 aliphatic rings. The van der Waals surface area contributed by atoms with Gasteiger partial charge in [0.2, 0.25) is 0 Å². The zero-order chi connectivity index (χ0) is 17.5. The number of fused-ring (bicyclic) bond motifs is 1. The Hall–Kier alpha value is -2.89. The SMILES string of the molecule is N#Cc1ccc(N2CC(C(=O)O)C(C(F)(F)F)C2)c2nccnc12. The number of nitriles is 1. The van der Waals surface area contributed by atoms with Gasteiger partial charge in [0.1, 0.15) is 17.1 Å². The van der Waals surface area contributed by atoms with E-state index in [1.807, 2.05) is 6.07 Å². The van der Waals surface area contributed by atoms with Crippen LogP contribution in [0.5, 0.6) is 0 Å². The van der Waals surface area contributed by atoms with Crippen LogP contribution in [0.25, 0.3) is 11.0 Å². The van der Waals surface area contributed by atoms with E-state index < -0.39 is 30.5 Å². The summed E-state index contributed by atoms with van der Waals surface area (Å²) in [7, 11) is 0. The van der Waals surface area contributed by atoms with Crippen LogP contribution in [0.1, 0.15) is 5.56 Å². The van der Waals surface area contributed by atoms with Gasteiger partial charge in [0.15, 0.2) is 0 Å². The largest absolute Gasteiger partial charge is 0.481 e. The molecule has 0 amide bonds. The first-order chi connectivity index (χ1) is 11.3. The second kappa shape index (κ2) is 5.63.